The number of amides is 1. The van der Waals surface area contributed by atoms with Gasteiger partial charge >= 0.3 is 0 Å². The monoisotopic (exact) mass is 238 g/mol. The number of hydrogen-bond donors (Lipinski definition) is 1. The molecule has 0 aliphatic carbocycles. The van der Waals surface area contributed by atoms with Crippen molar-refractivity contribution in [2.45, 2.75) is 19.4 Å². The Kier molecular flexibility index (Phi) is 2.87. The fraction of sp³-hybridized carbons (Fsp3) is 0.500. The van der Waals surface area contributed by atoms with Gasteiger partial charge in [0.25, 0.3) is 5.91 Å². The molecule has 5 heteroatoms. The second kappa shape index (κ2) is 4.07. The number of hydrogen-bond acceptors (Lipinski definition) is 3. The second-order valence-corrected chi connectivity index (χ2v) is 4.78. The third-order valence-corrected chi connectivity index (χ3v) is 3.24. The highest BCUT2D eigenvalue weighted by atomic mass is 19.1. The smallest absolute Gasteiger partial charge is 0.272 e. The summed E-state index contributed by atoms with van der Waals surface area (Å²) in [6.07, 6.45) is 1.02. The predicted octanol–water partition coefficient (Wildman–Crippen LogP) is 1.06. The molecule has 0 atom stereocenters. The zero-order valence-corrected chi connectivity index (χ0v) is 9.85. The molecule has 2 heterocycles. The third-order valence-electron chi connectivity index (χ3n) is 3.24. The lowest BCUT2D eigenvalue weighted by Gasteiger charge is -2.48. The Hall–Kier alpha value is -1.49. The average Bonchev–Trinajstić information content (AvgIpc) is 2.24. The number of rotatable bonds is 2. The Balaban J connectivity index is 2.02. The lowest BCUT2D eigenvalue weighted by atomic mass is 9.83. The lowest BCUT2D eigenvalue weighted by Crippen LogP contribution is -2.66. The minimum atomic E-state index is -0.796. The zero-order valence-electron chi connectivity index (χ0n) is 9.85. The van der Waals surface area contributed by atoms with Crippen LogP contribution in [0.5, 0.6) is 0 Å². The number of aromatic nitrogens is 1. The number of halogens is 1. The fourth-order valence-electron chi connectivity index (χ4n) is 1.79. The molecule has 0 bridgehead atoms. The van der Waals surface area contributed by atoms with Gasteiger partial charge in [-0.3, -0.25) is 4.79 Å². The molecule has 2 rings (SSSR count). The highest BCUT2D eigenvalue weighted by Gasteiger charge is 2.46. The Morgan fingerprint density at radius 2 is 2.18 bits per heavy atom. The van der Waals surface area contributed by atoms with Crippen LogP contribution >= 0.6 is 0 Å². The minimum absolute atomic E-state index is 0.104. The van der Waals surface area contributed by atoms with Crippen LogP contribution in [0.25, 0.3) is 0 Å². The minimum Gasteiger partial charge on any atom is -0.386 e. The van der Waals surface area contributed by atoms with E-state index in [1.54, 1.807) is 0 Å². The van der Waals surface area contributed by atoms with Crippen LogP contribution < -0.4 is 0 Å². The van der Waals surface area contributed by atoms with E-state index in [1.807, 2.05) is 13.8 Å². The summed E-state index contributed by atoms with van der Waals surface area (Å²) in [6, 6.07) is 2.55. The van der Waals surface area contributed by atoms with Crippen LogP contribution in [0.3, 0.4) is 0 Å². The summed E-state index contributed by atoms with van der Waals surface area (Å²) >= 11 is 0. The van der Waals surface area contributed by atoms with E-state index in [0.29, 0.717) is 13.1 Å². The fourth-order valence-corrected chi connectivity index (χ4v) is 1.79. The molecule has 92 valence electrons. The summed E-state index contributed by atoms with van der Waals surface area (Å²) in [6.45, 7) is 4.45. The molecular formula is C12H15FN2O2. The van der Waals surface area contributed by atoms with E-state index in [4.69, 9.17) is 0 Å². The Morgan fingerprint density at radius 3 is 2.65 bits per heavy atom. The normalized spacial score (nSPS) is 18.1. The molecule has 17 heavy (non-hydrogen) atoms. The van der Waals surface area contributed by atoms with Crippen molar-refractivity contribution in [3.63, 3.8) is 0 Å². The molecule has 4 nitrogen and oxygen atoms in total. The Labute approximate surface area is 99.1 Å². The molecule has 1 N–H and O–H groups in total. The summed E-state index contributed by atoms with van der Waals surface area (Å²) in [7, 11) is 0. The first-order chi connectivity index (χ1) is 7.92. The summed E-state index contributed by atoms with van der Waals surface area (Å²) < 4.78 is 12.6. The van der Waals surface area contributed by atoms with Gasteiger partial charge in [-0.15, -0.1) is 0 Å². The van der Waals surface area contributed by atoms with E-state index in [-0.39, 0.29) is 17.5 Å². The van der Waals surface area contributed by atoms with Crippen molar-refractivity contribution >= 4 is 5.91 Å². The SMILES string of the molecule is CC(C)C1(O)CN(C(=O)c2ccc(F)cn2)C1. The molecule has 0 radical (unpaired) electrons. The van der Waals surface area contributed by atoms with Crippen LogP contribution in [0, 0.1) is 11.7 Å². The lowest BCUT2D eigenvalue weighted by molar-refractivity contribution is -0.111. The van der Waals surface area contributed by atoms with E-state index in [2.05, 4.69) is 4.98 Å². The van der Waals surface area contributed by atoms with Gasteiger partial charge < -0.3 is 10.0 Å². The van der Waals surface area contributed by atoms with Gasteiger partial charge in [0.2, 0.25) is 0 Å². The Bertz CT molecular complexity index is 425. The van der Waals surface area contributed by atoms with Gasteiger partial charge in [-0.25, -0.2) is 9.37 Å². The van der Waals surface area contributed by atoms with Crippen molar-refractivity contribution in [3.05, 3.63) is 29.8 Å². The number of β-amino-alcohol motifs (C(OH)–C–C–N with tert-alkyl or cyclic N) is 1. The van der Waals surface area contributed by atoms with Gasteiger partial charge in [0.1, 0.15) is 17.1 Å². The van der Waals surface area contributed by atoms with Gasteiger partial charge in [-0.05, 0) is 18.1 Å². The molecule has 1 saturated heterocycles. The van der Waals surface area contributed by atoms with Crippen LogP contribution in [0.1, 0.15) is 24.3 Å². The highest BCUT2D eigenvalue weighted by molar-refractivity contribution is 5.93. The largest absolute Gasteiger partial charge is 0.386 e. The van der Waals surface area contributed by atoms with E-state index in [9.17, 15) is 14.3 Å². The molecule has 0 saturated carbocycles. The van der Waals surface area contributed by atoms with Crippen LogP contribution in [0.4, 0.5) is 4.39 Å². The van der Waals surface area contributed by atoms with Crippen LogP contribution in [0.2, 0.25) is 0 Å². The summed E-state index contributed by atoms with van der Waals surface area (Å²) in [5.41, 5.74) is -0.590. The van der Waals surface area contributed by atoms with E-state index in [0.717, 1.165) is 6.20 Å². The van der Waals surface area contributed by atoms with Crippen molar-refractivity contribution in [1.82, 2.24) is 9.88 Å². The third kappa shape index (κ3) is 2.15. The molecule has 1 amide bonds. The van der Waals surface area contributed by atoms with Crippen LogP contribution in [0.15, 0.2) is 18.3 Å². The van der Waals surface area contributed by atoms with E-state index < -0.39 is 11.4 Å². The second-order valence-electron chi connectivity index (χ2n) is 4.78. The first-order valence-electron chi connectivity index (χ1n) is 5.55. The quantitative estimate of drug-likeness (QED) is 0.838. The van der Waals surface area contributed by atoms with Crippen molar-refractivity contribution in [3.8, 4) is 0 Å². The molecular weight excluding hydrogens is 223 g/mol. The average molecular weight is 238 g/mol. The first-order valence-corrected chi connectivity index (χ1v) is 5.55. The molecule has 1 aliphatic heterocycles. The number of pyridine rings is 1. The molecule has 1 aliphatic rings. The molecule has 0 aromatic carbocycles. The topological polar surface area (TPSA) is 53.4 Å². The predicted molar refractivity (Wildman–Crippen MR) is 59.9 cm³/mol. The van der Waals surface area contributed by atoms with Crippen molar-refractivity contribution < 1.29 is 14.3 Å². The zero-order chi connectivity index (χ0) is 12.6. The van der Waals surface area contributed by atoms with Gasteiger partial charge in [0.05, 0.1) is 19.3 Å². The standard InChI is InChI=1S/C12H15FN2O2/c1-8(2)12(17)6-15(7-12)11(16)10-4-3-9(13)5-14-10/h3-5,8,17H,6-7H2,1-2H3. The molecule has 1 fully saturated rings. The summed E-state index contributed by atoms with van der Waals surface area (Å²) in [5.74, 6) is -0.633. The molecule has 1 aromatic rings. The van der Waals surface area contributed by atoms with Crippen LogP contribution in [-0.2, 0) is 0 Å². The number of carbonyl (C=O) groups excluding carboxylic acids is 1. The van der Waals surface area contributed by atoms with Crippen molar-refractivity contribution in [2.24, 2.45) is 5.92 Å². The summed E-state index contributed by atoms with van der Waals surface area (Å²) in [4.78, 5) is 17.1. The van der Waals surface area contributed by atoms with E-state index in [1.165, 1.54) is 17.0 Å². The molecule has 1 aromatic heterocycles. The van der Waals surface area contributed by atoms with E-state index >= 15 is 0 Å². The van der Waals surface area contributed by atoms with Gasteiger partial charge in [-0.1, -0.05) is 13.8 Å². The van der Waals surface area contributed by atoms with Crippen molar-refractivity contribution in [1.29, 1.82) is 0 Å². The maximum atomic E-state index is 12.6. The van der Waals surface area contributed by atoms with Gasteiger partial charge in [0.15, 0.2) is 0 Å². The Morgan fingerprint density at radius 1 is 1.53 bits per heavy atom. The molecule has 0 unspecified atom stereocenters. The number of likely N-dealkylation sites (tertiary alicyclic amines) is 1. The first kappa shape index (κ1) is 12.0. The molecule has 0 spiro atoms. The van der Waals surface area contributed by atoms with Gasteiger partial charge in [0, 0.05) is 0 Å². The number of nitrogens with zero attached hydrogens (tertiary/aromatic N) is 2. The maximum absolute atomic E-state index is 12.6. The number of aliphatic hydroxyl groups is 1. The van der Waals surface area contributed by atoms with Gasteiger partial charge in [-0.2, -0.15) is 0 Å². The maximum Gasteiger partial charge on any atom is 0.272 e. The number of carbonyl (C=O) groups is 1. The van der Waals surface area contributed by atoms with Crippen LogP contribution in [-0.4, -0.2) is 39.6 Å². The summed E-state index contributed by atoms with van der Waals surface area (Å²) in [5, 5.41) is 10.0. The van der Waals surface area contributed by atoms with Crippen molar-refractivity contribution in [2.75, 3.05) is 13.1 Å². The highest BCUT2D eigenvalue weighted by Crippen LogP contribution is 2.29.